The molecule has 2 aromatic rings. The molecule has 0 fully saturated rings. The molecule has 0 saturated heterocycles. The van der Waals surface area contributed by atoms with Crippen LogP contribution >= 0.6 is 0 Å². The summed E-state index contributed by atoms with van der Waals surface area (Å²) in [5, 5.41) is 0. The van der Waals surface area contributed by atoms with Gasteiger partial charge in [0.1, 0.15) is 5.69 Å². The summed E-state index contributed by atoms with van der Waals surface area (Å²) in [6.07, 6.45) is -1.48. The molecule has 2 aromatic heterocycles. The van der Waals surface area contributed by atoms with E-state index < -0.39 is 11.9 Å². The smallest absolute Gasteiger partial charge is 0.326 e. The van der Waals surface area contributed by atoms with Crippen molar-refractivity contribution in [2.24, 2.45) is 5.73 Å². The summed E-state index contributed by atoms with van der Waals surface area (Å²) < 4.78 is 38.0. The van der Waals surface area contributed by atoms with Gasteiger partial charge in [-0.2, -0.15) is 13.2 Å². The van der Waals surface area contributed by atoms with Crippen molar-refractivity contribution in [1.29, 1.82) is 0 Å². The van der Waals surface area contributed by atoms with Crippen LogP contribution in [0.3, 0.4) is 0 Å². The van der Waals surface area contributed by atoms with E-state index in [1.807, 2.05) is 0 Å². The summed E-state index contributed by atoms with van der Waals surface area (Å²) in [5.41, 5.74) is 5.59. The lowest BCUT2D eigenvalue weighted by molar-refractivity contribution is -0.141. The Bertz CT molecular complexity index is 538. The van der Waals surface area contributed by atoms with E-state index in [9.17, 15) is 13.2 Å². The summed E-state index contributed by atoms with van der Waals surface area (Å²) in [6.45, 7) is 0.0266. The molecular formula is C12H10F3N3. The first-order valence-electron chi connectivity index (χ1n) is 5.19. The van der Waals surface area contributed by atoms with E-state index in [1.54, 1.807) is 18.3 Å². The third-order valence-electron chi connectivity index (χ3n) is 2.37. The molecule has 2 heterocycles. The highest BCUT2D eigenvalue weighted by Gasteiger charge is 2.33. The van der Waals surface area contributed by atoms with Crippen molar-refractivity contribution >= 4 is 0 Å². The van der Waals surface area contributed by atoms with Gasteiger partial charge in [-0.05, 0) is 29.8 Å². The highest BCUT2D eigenvalue weighted by molar-refractivity contribution is 5.58. The Labute approximate surface area is 101 Å². The average Bonchev–Trinajstić information content (AvgIpc) is 2.38. The van der Waals surface area contributed by atoms with Gasteiger partial charge < -0.3 is 5.73 Å². The molecule has 94 valence electrons. The molecule has 0 radical (unpaired) electrons. The van der Waals surface area contributed by atoms with E-state index in [0.29, 0.717) is 11.1 Å². The van der Waals surface area contributed by atoms with Crippen molar-refractivity contribution in [1.82, 2.24) is 9.97 Å². The second-order valence-electron chi connectivity index (χ2n) is 3.69. The standard InChI is InChI=1S/C12H10F3N3/c13-12(14,15)11-5-8(6-16)4-10(18-11)9-2-1-3-17-7-9/h1-5,7H,6,16H2. The quantitative estimate of drug-likeness (QED) is 0.895. The van der Waals surface area contributed by atoms with Crippen LogP contribution in [0.15, 0.2) is 36.7 Å². The molecule has 0 spiro atoms. The summed E-state index contributed by atoms with van der Waals surface area (Å²) in [6, 6.07) is 5.78. The molecule has 3 nitrogen and oxygen atoms in total. The minimum atomic E-state index is -4.48. The molecule has 0 bridgehead atoms. The van der Waals surface area contributed by atoms with E-state index in [4.69, 9.17) is 5.73 Å². The molecule has 0 amide bonds. The van der Waals surface area contributed by atoms with Crippen molar-refractivity contribution in [2.45, 2.75) is 12.7 Å². The van der Waals surface area contributed by atoms with Gasteiger partial charge in [0.05, 0.1) is 5.69 Å². The third-order valence-corrected chi connectivity index (χ3v) is 2.37. The molecule has 6 heteroatoms. The predicted octanol–water partition coefficient (Wildman–Crippen LogP) is 2.62. The maximum absolute atomic E-state index is 12.7. The second-order valence-corrected chi connectivity index (χ2v) is 3.69. The lowest BCUT2D eigenvalue weighted by Crippen LogP contribution is -2.10. The van der Waals surface area contributed by atoms with Crippen LogP contribution < -0.4 is 5.73 Å². The molecule has 2 rings (SSSR count). The van der Waals surface area contributed by atoms with E-state index >= 15 is 0 Å². The van der Waals surface area contributed by atoms with Crippen LogP contribution in [-0.2, 0) is 12.7 Å². The Morgan fingerprint density at radius 3 is 2.56 bits per heavy atom. The first-order valence-corrected chi connectivity index (χ1v) is 5.19. The lowest BCUT2D eigenvalue weighted by Gasteiger charge is -2.10. The van der Waals surface area contributed by atoms with Crippen LogP contribution in [0.1, 0.15) is 11.3 Å². The van der Waals surface area contributed by atoms with Crippen molar-refractivity contribution in [3.8, 4) is 11.3 Å². The summed E-state index contributed by atoms with van der Waals surface area (Å²) in [4.78, 5) is 7.46. The fourth-order valence-electron chi connectivity index (χ4n) is 1.51. The summed E-state index contributed by atoms with van der Waals surface area (Å²) in [7, 11) is 0. The number of nitrogens with two attached hydrogens (primary N) is 1. The predicted molar refractivity (Wildman–Crippen MR) is 60.4 cm³/mol. The van der Waals surface area contributed by atoms with Crippen LogP contribution in [0.25, 0.3) is 11.3 Å². The zero-order chi connectivity index (χ0) is 13.2. The number of pyridine rings is 2. The van der Waals surface area contributed by atoms with Crippen molar-refractivity contribution < 1.29 is 13.2 Å². The Balaban J connectivity index is 2.55. The number of nitrogens with zero attached hydrogens (tertiary/aromatic N) is 2. The minimum Gasteiger partial charge on any atom is -0.326 e. The molecule has 0 aromatic carbocycles. The first kappa shape index (κ1) is 12.5. The van der Waals surface area contributed by atoms with Crippen LogP contribution in [0.5, 0.6) is 0 Å². The van der Waals surface area contributed by atoms with Gasteiger partial charge in [-0.1, -0.05) is 0 Å². The van der Waals surface area contributed by atoms with Crippen LogP contribution in [0.4, 0.5) is 13.2 Å². The van der Waals surface area contributed by atoms with Crippen molar-refractivity contribution in [3.05, 3.63) is 47.9 Å². The maximum atomic E-state index is 12.7. The van der Waals surface area contributed by atoms with Gasteiger partial charge >= 0.3 is 6.18 Å². The monoisotopic (exact) mass is 253 g/mol. The van der Waals surface area contributed by atoms with Gasteiger partial charge in [-0.15, -0.1) is 0 Å². The molecule has 0 aliphatic heterocycles. The Kier molecular flexibility index (Phi) is 3.29. The van der Waals surface area contributed by atoms with Gasteiger partial charge in [0.25, 0.3) is 0 Å². The first-order chi connectivity index (χ1) is 8.50. The maximum Gasteiger partial charge on any atom is 0.433 e. The molecule has 0 aliphatic rings. The number of aromatic nitrogens is 2. The molecule has 2 N–H and O–H groups in total. The Hall–Kier alpha value is -1.95. The molecule has 0 atom stereocenters. The van der Waals surface area contributed by atoms with Crippen LogP contribution in [-0.4, -0.2) is 9.97 Å². The zero-order valence-electron chi connectivity index (χ0n) is 9.28. The van der Waals surface area contributed by atoms with Crippen molar-refractivity contribution in [3.63, 3.8) is 0 Å². The van der Waals surface area contributed by atoms with Gasteiger partial charge in [-0.25, -0.2) is 4.98 Å². The van der Waals surface area contributed by atoms with Gasteiger partial charge in [0.15, 0.2) is 0 Å². The van der Waals surface area contributed by atoms with E-state index in [0.717, 1.165) is 6.07 Å². The lowest BCUT2D eigenvalue weighted by atomic mass is 10.1. The van der Waals surface area contributed by atoms with E-state index in [2.05, 4.69) is 9.97 Å². The summed E-state index contributed by atoms with van der Waals surface area (Å²) in [5.74, 6) is 0. The fraction of sp³-hybridized carbons (Fsp3) is 0.167. The fourth-order valence-corrected chi connectivity index (χ4v) is 1.51. The highest BCUT2D eigenvalue weighted by atomic mass is 19.4. The highest BCUT2D eigenvalue weighted by Crippen LogP contribution is 2.30. The number of alkyl halides is 3. The Morgan fingerprint density at radius 2 is 2.00 bits per heavy atom. The molecule has 0 aliphatic carbocycles. The van der Waals surface area contributed by atoms with E-state index in [1.165, 1.54) is 12.3 Å². The second kappa shape index (κ2) is 4.73. The number of rotatable bonds is 2. The van der Waals surface area contributed by atoms with Gasteiger partial charge in [0.2, 0.25) is 0 Å². The van der Waals surface area contributed by atoms with Gasteiger partial charge in [0, 0.05) is 24.5 Å². The SMILES string of the molecule is NCc1cc(-c2cccnc2)nc(C(F)(F)F)c1. The topological polar surface area (TPSA) is 51.8 Å². The molecule has 0 unspecified atom stereocenters. The van der Waals surface area contributed by atoms with Crippen LogP contribution in [0.2, 0.25) is 0 Å². The van der Waals surface area contributed by atoms with E-state index in [-0.39, 0.29) is 12.2 Å². The Morgan fingerprint density at radius 1 is 1.22 bits per heavy atom. The summed E-state index contributed by atoms with van der Waals surface area (Å²) >= 11 is 0. The molecule has 18 heavy (non-hydrogen) atoms. The van der Waals surface area contributed by atoms with Crippen molar-refractivity contribution in [2.75, 3.05) is 0 Å². The normalized spacial score (nSPS) is 11.6. The van der Waals surface area contributed by atoms with Crippen LogP contribution in [0, 0.1) is 0 Å². The minimum absolute atomic E-state index is 0.0266. The number of halogens is 3. The number of hydrogen-bond acceptors (Lipinski definition) is 3. The van der Waals surface area contributed by atoms with Gasteiger partial charge in [-0.3, -0.25) is 4.98 Å². The third kappa shape index (κ3) is 2.65. The molecule has 0 saturated carbocycles. The molecular weight excluding hydrogens is 243 g/mol. The zero-order valence-corrected chi connectivity index (χ0v) is 9.28. The largest absolute Gasteiger partial charge is 0.433 e. The number of hydrogen-bond donors (Lipinski definition) is 1. The average molecular weight is 253 g/mol.